The molecule has 0 bridgehead atoms. The Hall–Kier alpha value is -2.80. The number of ether oxygens (including phenoxy) is 1. The van der Waals surface area contributed by atoms with Crippen molar-refractivity contribution in [3.05, 3.63) is 42.5 Å². The van der Waals surface area contributed by atoms with Gasteiger partial charge in [0, 0.05) is 38.1 Å². The van der Waals surface area contributed by atoms with Crippen LogP contribution >= 0.6 is 0 Å². The first kappa shape index (κ1) is 16.7. The maximum atomic E-state index is 14.8. The molecule has 2 aromatic heterocycles. The molecule has 3 heterocycles. The highest BCUT2D eigenvalue weighted by Gasteiger charge is 2.20. The number of halogens is 1. The minimum Gasteiger partial charge on any atom is -0.375 e. The van der Waals surface area contributed by atoms with Crippen LogP contribution in [0.4, 0.5) is 15.9 Å². The lowest BCUT2D eigenvalue weighted by Gasteiger charge is -2.33. The van der Waals surface area contributed by atoms with E-state index in [1.807, 2.05) is 30.0 Å². The minimum atomic E-state index is -0.261. The molecular formula is C19H20FN5O. The molecule has 4 rings (SSSR count). The number of hydrogen-bond acceptors (Lipinski definition) is 6. The first-order chi connectivity index (χ1) is 12.7. The third kappa shape index (κ3) is 3.06. The van der Waals surface area contributed by atoms with E-state index in [2.05, 4.69) is 20.3 Å². The molecule has 134 valence electrons. The number of aromatic nitrogens is 3. The van der Waals surface area contributed by atoms with E-state index in [0.717, 1.165) is 0 Å². The van der Waals surface area contributed by atoms with Crippen LogP contribution in [0.3, 0.4) is 0 Å². The van der Waals surface area contributed by atoms with Gasteiger partial charge in [-0.1, -0.05) is 6.07 Å². The minimum absolute atomic E-state index is 0.0988. The van der Waals surface area contributed by atoms with Crippen molar-refractivity contribution in [1.82, 2.24) is 15.0 Å². The summed E-state index contributed by atoms with van der Waals surface area (Å²) < 4.78 is 20.3. The van der Waals surface area contributed by atoms with E-state index in [1.165, 1.54) is 6.07 Å². The van der Waals surface area contributed by atoms with Crippen LogP contribution in [-0.4, -0.2) is 47.8 Å². The normalized spacial score (nSPS) is 17.5. The zero-order valence-electron chi connectivity index (χ0n) is 14.7. The largest absolute Gasteiger partial charge is 0.375 e. The van der Waals surface area contributed by atoms with Crippen LogP contribution in [0.25, 0.3) is 22.3 Å². The molecule has 1 unspecified atom stereocenters. The van der Waals surface area contributed by atoms with Crippen LogP contribution in [0.5, 0.6) is 0 Å². The van der Waals surface area contributed by atoms with Gasteiger partial charge in [-0.2, -0.15) is 0 Å². The molecule has 0 radical (unpaired) electrons. The third-order valence-electron chi connectivity index (χ3n) is 4.52. The van der Waals surface area contributed by atoms with Gasteiger partial charge >= 0.3 is 0 Å². The van der Waals surface area contributed by atoms with E-state index in [1.54, 1.807) is 19.4 Å². The van der Waals surface area contributed by atoms with Crippen molar-refractivity contribution in [2.75, 3.05) is 37.0 Å². The van der Waals surface area contributed by atoms with Gasteiger partial charge < -0.3 is 15.0 Å². The van der Waals surface area contributed by atoms with Crippen molar-refractivity contribution in [3.63, 3.8) is 0 Å². The zero-order valence-corrected chi connectivity index (χ0v) is 14.7. The number of pyridine rings is 1. The molecule has 1 saturated heterocycles. The quantitative estimate of drug-likeness (QED) is 0.781. The zero-order chi connectivity index (χ0) is 18.1. The van der Waals surface area contributed by atoms with E-state index in [-0.39, 0.29) is 11.9 Å². The van der Waals surface area contributed by atoms with Crippen LogP contribution in [0.2, 0.25) is 0 Å². The van der Waals surface area contributed by atoms with Crippen molar-refractivity contribution in [3.8, 4) is 11.3 Å². The summed E-state index contributed by atoms with van der Waals surface area (Å²) in [5.74, 6) is 0.362. The molecule has 1 atom stereocenters. The van der Waals surface area contributed by atoms with Gasteiger partial charge in [0.2, 0.25) is 0 Å². The highest BCUT2D eigenvalue weighted by atomic mass is 19.1. The fraction of sp³-hybridized carbons (Fsp3) is 0.316. The number of hydrogen-bond donors (Lipinski definition) is 1. The summed E-state index contributed by atoms with van der Waals surface area (Å²) in [7, 11) is 1.78. The van der Waals surface area contributed by atoms with Crippen LogP contribution in [0, 0.1) is 5.82 Å². The Kier molecular flexibility index (Phi) is 4.38. The maximum Gasteiger partial charge on any atom is 0.154 e. The van der Waals surface area contributed by atoms with Crippen molar-refractivity contribution < 1.29 is 9.13 Å². The summed E-state index contributed by atoms with van der Waals surface area (Å²) in [4.78, 5) is 15.2. The highest BCUT2D eigenvalue weighted by molar-refractivity contribution is 5.88. The van der Waals surface area contributed by atoms with E-state index >= 15 is 0 Å². The second-order valence-corrected chi connectivity index (χ2v) is 6.32. The number of nitrogens with zero attached hydrogens (tertiary/aromatic N) is 4. The standard InChI is InChI=1S/C19H20FN5O/c1-12-11-25(7-8-26-12)17-4-3-13(9-14(17)20)15-10-16-18(19(21-2)24-15)23-6-5-22-16/h3-6,9-10,12H,7-8,11H2,1-2H3,(H,21,24). The molecule has 1 aliphatic rings. The molecule has 6 nitrogen and oxygen atoms in total. The Morgan fingerprint density at radius 3 is 2.85 bits per heavy atom. The van der Waals surface area contributed by atoms with Crippen molar-refractivity contribution >= 4 is 22.5 Å². The topological polar surface area (TPSA) is 63.2 Å². The van der Waals surface area contributed by atoms with Crippen LogP contribution in [-0.2, 0) is 4.74 Å². The molecule has 0 aliphatic carbocycles. The summed E-state index contributed by atoms with van der Waals surface area (Å²) in [6.07, 6.45) is 3.36. The van der Waals surface area contributed by atoms with E-state index < -0.39 is 0 Å². The Morgan fingerprint density at radius 1 is 1.23 bits per heavy atom. The van der Waals surface area contributed by atoms with Crippen molar-refractivity contribution in [1.29, 1.82) is 0 Å². The van der Waals surface area contributed by atoms with Gasteiger partial charge in [0.25, 0.3) is 0 Å². The summed E-state index contributed by atoms with van der Waals surface area (Å²) in [6.45, 7) is 3.98. The summed E-state index contributed by atoms with van der Waals surface area (Å²) in [6, 6.07) is 7.06. The molecule has 26 heavy (non-hydrogen) atoms. The van der Waals surface area contributed by atoms with Crippen molar-refractivity contribution in [2.24, 2.45) is 0 Å². The lowest BCUT2D eigenvalue weighted by Crippen LogP contribution is -2.41. The van der Waals surface area contributed by atoms with E-state index in [9.17, 15) is 4.39 Å². The maximum absolute atomic E-state index is 14.8. The Labute approximate surface area is 151 Å². The summed E-state index contributed by atoms with van der Waals surface area (Å²) in [5, 5.41) is 3.03. The Morgan fingerprint density at radius 2 is 2.08 bits per heavy atom. The first-order valence-electron chi connectivity index (χ1n) is 8.61. The molecule has 0 amide bonds. The van der Waals surface area contributed by atoms with E-state index in [0.29, 0.717) is 53.5 Å². The smallest absolute Gasteiger partial charge is 0.154 e. The van der Waals surface area contributed by atoms with Gasteiger partial charge in [-0.15, -0.1) is 0 Å². The fourth-order valence-corrected chi connectivity index (χ4v) is 3.25. The van der Waals surface area contributed by atoms with Gasteiger partial charge in [-0.3, -0.25) is 4.98 Å². The Balaban J connectivity index is 1.72. The molecule has 7 heteroatoms. The molecule has 1 aliphatic heterocycles. The van der Waals surface area contributed by atoms with E-state index in [4.69, 9.17) is 4.74 Å². The second-order valence-electron chi connectivity index (χ2n) is 6.32. The first-order valence-corrected chi connectivity index (χ1v) is 8.61. The number of nitrogens with one attached hydrogen (secondary N) is 1. The average molecular weight is 353 g/mol. The molecule has 0 spiro atoms. The number of rotatable bonds is 3. The van der Waals surface area contributed by atoms with Crippen LogP contribution in [0.15, 0.2) is 36.7 Å². The average Bonchev–Trinajstić information content (AvgIpc) is 2.67. The third-order valence-corrected chi connectivity index (χ3v) is 4.52. The molecule has 0 saturated carbocycles. The molecule has 1 aromatic carbocycles. The predicted molar refractivity (Wildman–Crippen MR) is 99.9 cm³/mol. The fourth-order valence-electron chi connectivity index (χ4n) is 3.25. The predicted octanol–water partition coefficient (Wildman–Crippen LogP) is 3.10. The van der Waals surface area contributed by atoms with Gasteiger partial charge in [0.1, 0.15) is 11.3 Å². The number of morpholine rings is 1. The molecular weight excluding hydrogens is 333 g/mol. The summed E-state index contributed by atoms with van der Waals surface area (Å²) in [5.41, 5.74) is 3.37. The number of anilines is 2. The molecule has 1 fully saturated rings. The molecule has 3 aromatic rings. The van der Waals surface area contributed by atoms with Crippen LogP contribution < -0.4 is 10.2 Å². The monoisotopic (exact) mass is 353 g/mol. The number of benzene rings is 1. The Bertz CT molecular complexity index is 948. The van der Waals surface area contributed by atoms with Gasteiger partial charge in [0.05, 0.1) is 29.6 Å². The lowest BCUT2D eigenvalue weighted by atomic mass is 10.1. The lowest BCUT2D eigenvalue weighted by molar-refractivity contribution is 0.0530. The SMILES string of the molecule is CNc1nc(-c2ccc(N3CCOC(C)C3)c(F)c2)cc2nccnc12. The van der Waals surface area contributed by atoms with Gasteiger partial charge in [-0.05, 0) is 25.1 Å². The number of fused-ring (bicyclic) bond motifs is 1. The second kappa shape index (κ2) is 6.84. The highest BCUT2D eigenvalue weighted by Crippen LogP contribution is 2.29. The van der Waals surface area contributed by atoms with Crippen LogP contribution in [0.1, 0.15) is 6.92 Å². The van der Waals surface area contributed by atoms with Gasteiger partial charge in [0.15, 0.2) is 5.82 Å². The molecule has 1 N–H and O–H groups in total. The summed E-state index contributed by atoms with van der Waals surface area (Å²) >= 11 is 0. The van der Waals surface area contributed by atoms with Crippen molar-refractivity contribution in [2.45, 2.75) is 13.0 Å². The van der Waals surface area contributed by atoms with Gasteiger partial charge in [-0.25, -0.2) is 14.4 Å².